The number of anilines is 1. The number of nitrogens with zero attached hydrogens (tertiary/aromatic N) is 2. The van der Waals surface area contributed by atoms with Crippen molar-refractivity contribution in [3.05, 3.63) is 58.4 Å². The fourth-order valence-electron chi connectivity index (χ4n) is 1.82. The Labute approximate surface area is 116 Å². The number of hydrogen-bond donors (Lipinski definition) is 1. The number of benzene rings is 1. The maximum absolute atomic E-state index is 11.2. The SMILES string of the molecule is CCOc1cccc(NCc2ccncc2)c1[N+](=O)[O-]. The Balaban J connectivity index is 2.22. The van der Waals surface area contributed by atoms with E-state index >= 15 is 0 Å². The predicted octanol–water partition coefficient (Wildman–Crippen LogP) is 3.00. The second-order valence-electron chi connectivity index (χ2n) is 4.05. The van der Waals surface area contributed by atoms with E-state index in [0.717, 1.165) is 5.56 Å². The number of ether oxygens (including phenoxy) is 1. The highest BCUT2D eigenvalue weighted by Crippen LogP contribution is 2.34. The van der Waals surface area contributed by atoms with E-state index in [9.17, 15) is 10.1 Å². The summed E-state index contributed by atoms with van der Waals surface area (Å²) in [7, 11) is 0. The molecular weight excluding hydrogens is 258 g/mol. The van der Waals surface area contributed by atoms with Gasteiger partial charge in [0, 0.05) is 18.9 Å². The van der Waals surface area contributed by atoms with Crippen LogP contribution < -0.4 is 10.1 Å². The molecule has 0 amide bonds. The summed E-state index contributed by atoms with van der Waals surface area (Å²) in [6, 6.07) is 8.70. The molecule has 0 atom stereocenters. The molecule has 20 heavy (non-hydrogen) atoms. The van der Waals surface area contributed by atoms with Crippen molar-refractivity contribution in [2.45, 2.75) is 13.5 Å². The summed E-state index contributed by atoms with van der Waals surface area (Å²) in [4.78, 5) is 14.7. The molecule has 104 valence electrons. The summed E-state index contributed by atoms with van der Waals surface area (Å²) in [6.45, 7) is 2.66. The molecule has 0 saturated heterocycles. The minimum Gasteiger partial charge on any atom is -0.487 e. The van der Waals surface area contributed by atoms with E-state index in [1.54, 1.807) is 37.5 Å². The zero-order valence-corrected chi connectivity index (χ0v) is 11.1. The van der Waals surface area contributed by atoms with Gasteiger partial charge in [-0.1, -0.05) is 6.07 Å². The van der Waals surface area contributed by atoms with E-state index in [2.05, 4.69) is 10.3 Å². The van der Waals surface area contributed by atoms with Gasteiger partial charge in [-0.2, -0.15) is 0 Å². The van der Waals surface area contributed by atoms with Gasteiger partial charge in [0.25, 0.3) is 0 Å². The van der Waals surface area contributed by atoms with Crippen molar-refractivity contribution in [3.8, 4) is 5.75 Å². The zero-order valence-electron chi connectivity index (χ0n) is 11.1. The molecule has 2 rings (SSSR count). The first-order valence-electron chi connectivity index (χ1n) is 6.25. The molecule has 0 bridgehead atoms. The van der Waals surface area contributed by atoms with Crippen molar-refractivity contribution in [1.29, 1.82) is 0 Å². The van der Waals surface area contributed by atoms with E-state index in [-0.39, 0.29) is 11.4 Å². The van der Waals surface area contributed by atoms with Gasteiger partial charge in [-0.15, -0.1) is 0 Å². The lowest BCUT2D eigenvalue weighted by molar-refractivity contribution is -0.384. The highest BCUT2D eigenvalue weighted by molar-refractivity contribution is 5.68. The van der Waals surface area contributed by atoms with Crippen LogP contribution in [0.1, 0.15) is 12.5 Å². The predicted molar refractivity (Wildman–Crippen MR) is 75.8 cm³/mol. The third-order valence-electron chi connectivity index (χ3n) is 2.71. The van der Waals surface area contributed by atoms with E-state index in [1.165, 1.54) is 0 Å². The molecule has 1 aromatic heterocycles. The largest absolute Gasteiger partial charge is 0.487 e. The van der Waals surface area contributed by atoms with Gasteiger partial charge in [-0.3, -0.25) is 15.1 Å². The molecule has 0 aliphatic rings. The Morgan fingerprint density at radius 3 is 2.70 bits per heavy atom. The maximum atomic E-state index is 11.2. The van der Waals surface area contributed by atoms with Crippen LogP contribution in [0.15, 0.2) is 42.7 Å². The van der Waals surface area contributed by atoms with Crippen LogP contribution in [0.5, 0.6) is 5.75 Å². The topological polar surface area (TPSA) is 77.3 Å². The molecule has 0 aliphatic heterocycles. The quantitative estimate of drug-likeness (QED) is 0.646. The van der Waals surface area contributed by atoms with E-state index in [1.807, 2.05) is 12.1 Å². The summed E-state index contributed by atoms with van der Waals surface area (Å²) in [5.41, 5.74) is 1.40. The highest BCUT2D eigenvalue weighted by atomic mass is 16.6. The Morgan fingerprint density at radius 1 is 1.30 bits per heavy atom. The third-order valence-corrected chi connectivity index (χ3v) is 2.71. The maximum Gasteiger partial charge on any atom is 0.333 e. The van der Waals surface area contributed by atoms with E-state index in [0.29, 0.717) is 18.8 Å². The van der Waals surface area contributed by atoms with Crippen molar-refractivity contribution >= 4 is 11.4 Å². The summed E-state index contributed by atoms with van der Waals surface area (Å²) in [6.07, 6.45) is 3.37. The van der Waals surface area contributed by atoms with Crippen LogP contribution in [0, 0.1) is 10.1 Å². The van der Waals surface area contributed by atoms with Gasteiger partial charge in [0.15, 0.2) is 5.75 Å². The van der Waals surface area contributed by atoms with Gasteiger partial charge in [0.1, 0.15) is 5.69 Å². The number of para-hydroxylation sites is 1. The van der Waals surface area contributed by atoms with Gasteiger partial charge in [0.05, 0.1) is 11.5 Å². The Kier molecular flexibility index (Phi) is 4.49. The molecule has 0 saturated carbocycles. The summed E-state index contributed by atoms with van der Waals surface area (Å²) in [5, 5.41) is 14.3. The lowest BCUT2D eigenvalue weighted by Crippen LogP contribution is -2.05. The number of nitro benzene ring substituents is 1. The summed E-state index contributed by atoms with van der Waals surface area (Å²) in [5.74, 6) is 0.275. The Bertz CT molecular complexity index is 587. The standard InChI is InChI=1S/C14H15N3O3/c1-2-20-13-5-3-4-12(14(13)17(18)19)16-10-11-6-8-15-9-7-11/h3-9,16H,2,10H2,1H3. The number of nitro groups is 1. The first kappa shape index (κ1) is 13.8. The summed E-state index contributed by atoms with van der Waals surface area (Å²) < 4.78 is 5.30. The average molecular weight is 273 g/mol. The molecule has 2 aromatic rings. The lowest BCUT2D eigenvalue weighted by Gasteiger charge is -2.10. The molecule has 0 aliphatic carbocycles. The third kappa shape index (κ3) is 3.23. The molecule has 0 radical (unpaired) electrons. The molecule has 1 N–H and O–H groups in total. The van der Waals surface area contributed by atoms with Gasteiger partial charge >= 0.3 is 5.69 Å². The molecule has 0 unspecified atom stereocenters. The second-order valence-corrected chi connectivity index (χ2v) is 4.05. The first-order chi connectivity index (χ1) is 9.72. The van der Waals surface area contributed by atoms with Crippen molar-refractivity contribution in [2.24, 2.45) is 0 Å². The lowest BCUT2D eigenvalue weighted by atomic mass is 10.2. The van der Waals surface area contributed by atoms with Crippen molar-refractivity contribution < 1.29 is 9.66 Å². The van der Waals surface area contributed by atoms with Crippen LogP contribution in [0.25, 0.3) is 0 Å². The molecule has 0 spiro atoms. The van der Waals surface area contributed by atoms with Gasteiger partial charge < -0.3 is 10.1 Å². The zero-order chi connectivity index (χ0) is 14.4. The van der Waals surface area contributed by atoms with E-state index in [4.69, 9.17) is 4.74 Å². The van der Waals surface area contributed by atoms with E-state index < -0.39 is 4.92 Å². The number of aromatic nitrogens is 1. The van der Waals surface area contributed by atoms with Crippen molar-refractivity contribution in [3.63, 3.8) is 0 Å². The summed E-state index contributed by atoms with van der Waals surface area (Å²) >= 11 is 0. The van der Waals surface area contributed by atoms with Crippen LogP contribution in [-0.4, -0.2) is 16.5 Å². The average Bonchev–Trinajstić information content (AvgIpc) is 2.46. The smallest absolute Gasteiger partial charge is 0.333 e. The normalized spacial score (nSPS) is 10.1. The fraction of sp³-hybridized carbons (Fsp3) is 0.214. The second kappa shape index (κ2) is 6.51. The van der Waals surface area contributed by atoms with Gasteiger partial charge in [-0.25, -0.2) is 0 Å². The molecule has 1 heterocycles. The van der Waals surface area contributed by atoms with Crippen LogP contribution in [0.3, 0.4) is 0 Å². The minimum absolute atomic E-state index is 0.0385. The number of hydrogen-bond acceptors (Lipinski definition) is 5. The number of nitrogens with one attached hydrogen (secondary N) is 1. The van der Waals surface area contributed by atoms with Crippen LogP contribution >= 0.6 is 0 Å². The van der Waals surface area contributed by atoms with Crippen LogP contribution in [-0.2, 0) is 6.54 Å². The monoisotopic (exact) mass is 273 g/mol. The molecule has 0 fully saturated rings. The molecule has 1 aromatic carbocycles. The number of rotatable bonds is 6. The van der Waals surface area contributed by atoms with Gasteiger partial charge in [-0.05, 0) is 36.8 Å². The fourth-order valence-corrected chi connectivity index (χ4v) is 1.82. The molecule has 6 nitrogen and oxygen atoms in total. The highest BCUT2D eigenvalue weighted by Gasteiger charge is 2.20. The molecular formula is C14H15N3O3. The Morgan fingerprint density at radius 2 is 2.05 bits per heavy atom. The van der Waals surface area contributed by atoms with Crippen molar-refractivity contribution in [1.82, 2.24) is 4.98 Å². The molecule has 6 heteroatoms. The van der Waals surface area contributed by atoms with Gasteiger partial charge in [0.2, 0.25) is 0 Å². The van der Waals surface area contributed by atoms with Crippen molar-refractivity contribution in [2.75, 3.05) is 11.9 Å². The number of pyridine rings is 1. The Hall–Kier alpha value is -2.63. The minimum atomic E-state index is -0.431. The van der Waals surface area contributed by atoms with Crippen LogP contribution in [0.4, 0.5) is 11.4 Å². The van der Waals surface area contributed by atoms with Crippen LogP contribution in [0.2, 0.25) is 0 Å². The first-order valence-corrected chi connectivity index (χ1v) is 6.25.